The van der Waals surface area contributed by atoms with Crippen LogP contribution in [0, 0.1) is 0 Å². The van der Waals surface area contributed by atoms with E-state index in [0.717, 1.165) is 19.3 Å². The SMILES string of the molecule is CC1(C(N)CC(=O)O)CCCCO1. The van der Waals surface area contributed by atoms with Crippen LogP contribution < -0.4 is 5.73 Å². The lowest BCUT2D eigenvalue weighted by Gasteiger charge is -2.38. The normalized spacial score (nSPS) is 31.2. The fourth-order valence-electron chi connectivity index (χ4n) is 1.65. The lowest BCUT2D eigenvalue weighted by atomic mass is 9.87. The van der Waals surface area contributed by atoms with Gasteiger partial charge in [-0.15, -0.1) is 0 Å². The van der Waals surface area contributed by atoms with Gasteiger partial charge in [-0.2, -0.15) is 0 Å². The molecule has 0 spiro atoms. The van der Waals surface area contributed by atoms with Crippen LogP contribution in [0.5, 0.6) is 0 Å². The molecule has 1 fully saturated rings. The lowest BCUT2D eigenvalue weighted by molar-refractivity contribution is -0.141. The van der Waals surface area contributed by atoms with Crippen molar-refractivity contribution in [3.05, 3.63) is 0 Å². The molecule has 0 bridgehead atoms. The van der Waals surface area contributed by atoms with E-state index in [4.69, 9.17) is 15.6 Å². The third kappa shape index (κ3) is 2.67. The maximum absolute atomic E-state index is 10.5. The third-order valence-corrected chi connectivity index (χ3v) is 2.68. The van der Waals surface area contributed by atoms with Crippen LogP contribution in [0.2, 0.25) is 0 Å². The van der Waals surface area contributed by atoms with Crippen LogP contribution in [-0.4, -0.2) is 29.3 Å². The molecule has 1 aliphatic heterocycles. The van der Waals surface area contributed by atoms with Crippen LogP contribution in [0.15, 0.2) is 0 Å². The molecule has 0 aromatic heterocycles. The van der Waals surface area contributed by atoms with Gasteiger partial charge in [-0.1, -0.05) is 0 Å². The molecule has 0 amide bonds. The summed E-state index contributed by atoms with van der Waals surface area (Å²) in [6, 6.07) is -0.398. The highest BCUT2D eigenvalue weighted by Gasteiger charge is 2.35. The quantitative estimate of drug-likeness (QED) is 0.683. The molecule has 0 aromatic carbocycles. The number of nitrogens with two attached hydrogens (primary N) is 1. The van der Waals surface area contributed by atoms with Crippen molar-refractivity contribution < 1.29 is 14.6 Å². The van der Waals surface area contributed by atoms with Crippen LogP contribution in [0.3, 0.4) is 0 Å². The number of carboxylic acid groups (broad SMARTS) is 1. The standard InChI is InChI=1S/C9H17NO3/c1-9(4-2-3-5-13-9)7(10)6-8(11)12/h7H,2-6,10H2,1H3,(H,11,12). The van der Waals surface area contributed by atoms with Gasteiger partial charge in [0.15, 0.2) is 0 Å². The summed E-state index contributed by atoms with van der Waals surface area (Å²) in [6.45, 7) is 2.60. The Hall–Kier alpha value is -0.610. The van der Waals surface area contributed by atoms with Gasteiger partial charge < -0.3 is 15.6 Å². The van der Waals surface area contributed by atoms with E-state index < -0.39 is 17.6 Å². The van der Waals surface area contributed by atoms with E-state index >= 15 is 0 Å². The van der Waals surface area contributed by atoms with Crippen molar-refractivity contribution >= 4 is 5.97 Å². The summed E-state index contributed by atoms with van der Waals surface area (Å²) in [5.74, 6) is -0.858. The number of hydrogen-bond acceptors (Lipinski definition) is 3. The van der Waals surface area contributed by atoms with E-state index in [-0.39, 0.29) is 6.42 Å². The van der Waals surface area contributed by atoms with Crippen molar-refractivity contribution in [2.24, 2.45) is 5.73 Å². The van der Waals surface area contributed by atoms with Crippen molar-refractivity contribution in [1.82, 2.24) is 0 Å². The first-order valence-corrected chi connectivity index (χ1v) is 4.66. The molecule has 0 aliphatic carbocycles. The molecule has 0 saturated carbocycles. The lowest BCUT2D eigenvalue weighted by Crippen LogP contribution is -2.50. The highest BCUT2D eigenvalue weighted by atomic mass is 16.5. The fraction of sp³-hybridized carbons (Fsp3) is 0.889. The minimum Gasteiger partial charge on any atom is -0.481 e. The number of carbonyl (C=O) groups is 1. The maximum atomic E-state index is 10.5. The molecule has 2 unspecified atom stereocenters. The minimum atomic E-state index is -0.858. The summed E-state index contributed by atoms with van der Waals surface area (Å²) in [6.07, 6.45) is 2.97. The van der Waals surface area contributed by atoms with E-state index in [1.54, 1.807) is 0 Å². The highest BCUT2D eigenvalue weighted by Crippen LogP contribution is 2.28. The first kappa shape index (κ1) is 10.5. The van der Waals surface area contributed by atoms with E-state index in [1.165, 1.54) is 0 Å². The fourth-order valence-corrected chi connectivity index (χ4v) is 1.65. The summed E-state index contributed by atoms with van der Waals surface area (Å²) < 4.78 is 5.54. The summed E-state index contributed by atoms with van der Waals surface area (Å²) >= 11 is 0. The van der Waals surface area contributed by atoms with Gasteiger partial charge in [-0.3, -0.25) is 4.79 Å². The van der Waals surface area contributed by atoms with Gasteiger partial charge in [0.25, 0.3) is 0 Å². The second-order valence-electron chi connectivity index (χ2n) is 3.82. The minimum absolute atomic E-state index is 0.0174. The van der Waals surface area contributed by atoms with E-state index in [0.29, 0.717) is 6.61 Å². The first-order chi connectivity index (χ1) is 6.04. The molecular weight excluding hydrogens is 170 g/mol. The summed E-state index contributed by atoms with van der Waals surface area (Å²) in [4.78, 5) is 10.5. The molecule has 13 heavy (non-hydrogen) atoms. The van der Waals surface area contributed by atoms with Crippen LogP contribution in [0.25, 0.3) is 0 Å². The van der Waals surface area contributed by atoms with Crippen molar-refractivity contribution in [2.75, 3.05) is 6.61 Å². The Morgan fingerprint density at radius 3 is 2.85 bits per heavy atom. The van der Waals surface area contributed by atoms with Crippen molar-refractivity contribution in [1.29, 1.82) is 0 Å². The monoisotopic (exact) mass is 187 g/mol. The Balaban J connectivity index is 2.51. The molecule has 4 nitrogen and oxygen atoms in total. The number of ether oxygens (including phenoxy) is 1. The van der Waals surface area contributed by atoms with Gasteiger partial charge in [0.05, 0.1) is 12.0 Å². The molecule has 0 aromatic rings. The topological polar surface area (TPSA) is 72.6 Å². The predicted octanol–water partition coefficient (Wildman–Crippen LogP) is 0.748. The Kier molecular flexibility index (Phi) is 3.27. The summed E-state index contributed by atoms with van der Waals surface area (Å²) in [7, 11) is 0. The Bertz CT molecular complexity index is 187. The van der Waals surface area contributed by atoms with E-state index in [1.807, 2.05) is 6.92 Å². The summed E-state index contributed by atoms with van der Waals surface area (Å²) in [5, 5.41) is 8.59. The molecule has 1 aliphatic rings. The van der Waals surface area contributed by atoms with Gasteiger partial charge in [-0.25, -0.2) is 0 Å². The number of carboxylic acids is 1. The van der Waals surface area contributed by atoms with Crippen molar-refractivity contribution in [3.63, 3.8) is 0 Å². The molecule has 4 heteroatoms. The molecular formula is C9H17NO3. The maximum Gasteiger partial charge on any atom is 0.305 e. The number of aliphatic carboxylic acids is 1. The van der Waals surface area contributed by atoms with E-state index in [2.05, 4.69) is 0 Å². The largest absolute Gasteiger partial charge is 0.481 e. The molecule has 2 atom stereocenters. The van der Waals surface area contributed by atoms with Gasteiger partial charge in [-0.05, 0) is 26.2 Å². The van der Waals surface area contributed by atoms with Crippen LogP contribution in [0.4, 0.5) is 0 Å². The van der Waals surface area contributed by atoms with Gasteiger partial charge in [0.1, 0.15) is 0 Å². The Morgan fingerprint density at radius 2 is 2.38 bits per heavy atom. The van der Waals surface area contributed by atoms with Crippen LogP contribution in [-0.2, 0) is 9.53 Å². The zero-order valence-electron chi connectivity index (χ0n) is 7.95. The number of hydrogen-bond donors (Lipinski definition) is 2. The van der Waals surface area contributed by atoms with Crippen molar-refractivity contribution in [3.8, 4) is 0 Å². The first-order valence-electron chi connectivity index (χ1n) is 4.66. The van der Waals surface area contributed by atoms with Crippen LogP contribution in [0.1, 0.15) is 32.6 Å². The molecule has 0 radical (unpaired) electrons. The molecule has 1 heterocycles. The average molecular weight is 187 g/mol. The number of rotatable bonds is 3. The zero-order chi connectivity index (χ0) is 9.90. The second-order valence-corrected chi connectivity index (χ2v) is 3.82. The van der Waals surface area contributed by atoms with Gasteiger partial charge >= 0.3 is 5.97 Å². The van der Waals surface area contributed by atoms with Gasteiger partial charge in [0.2, 0.25) is 0 Å². The molecule has 76 valence electrons. The molecule has 1 rings (SSSR count). The van der Waals surface area contributed by atoms with E-state index in [9.17, 15) is 4.79 Å². The molecule has 1 saturated heterocycles. The average Bonchev–Trinajstić information content (AvgIpc) is 2.04. The summed E-state index contributed by atoms with van der Waals surface area (Å²) in [5.41, 5.74) is 5.34. The highest BCUT2D eigenvalue weighted by molar-refractivity contribution is 5.67. The predicted molar refractivity (Wildman–Crippen MR) is 48.4 cm³/mol. The zero-order valence-corrected chi connectivity index (χ0v) is 7.95. The smallest absolute Gasteiger partial charge is 0.305 e. The molecule has 3 N–H and O–H groups in total. The third-order valence-electron chi connectivity index (χ3n) is 2.68. The van der Waals surface area contributed by atoms with Gasteiger partial charge in [0, 0.05) is 12.6 Å². The van der Waals surface area contributed by atoms with Crippen molar-refractivity contribution in [2.45, 2.75) is 44.2 Å². The Morgan fingerprint density at radius 1 is 1.69 bits per heavy atom. The second kappa shape index (κ2) is 4.07. The Labute approximate surface area is 78.1 Å². The van der Waals surface area contributed by atoms with Crippen LogP contribution >= 0.6 is 0 Å².